The highest BCUT2D eigenvalue weighted by molar-refractivity contribution is 6.00. The summed E-state index contributed by atoms with van der Waals surface area (Å²) in [6.07, 6.45) is -7.89. The van der Waals surface area contributed by atoms with Gasteiger partial charge in [0.2, 0.25) is 76.8 Å². The molecule has 108 heavy (non-hydrogen) atoms. The average Bonchev–Trinajstić information content (AvgIpc) is 0.858. The van der Waals surface area contributed by atoms with Crippen LogP contribution in [0.5, 0.6) is 5.75 Å². The summed E-state index contributed by atoms with van der Waals surface area (Å²) in [6.45, 7) is 13.2. The van der Waals surface area contributed by atoms with E-state index in [2.05, 4.69) is 63.8 Å². The lowest BCUT2D eigenvalue weighted by molar-refractivity contribution is -0.145. The van der Waals surface area contributed by atoms with Crippen molar-refractivity contribution in [1.82, 2.24) is 63.8 Å². The van der Waals surface area contributed by atoms with Gasteiger partial charge in [-0.05, 0) is 119 Å². The van der Waals surface area contributed by atoms with Crippen LogP contribution in [0.25, 0.3) is 0 Å². The van der Waals surface area contributed by atoms with E-state index in [0.717, 1.165) is 6.92 Å². The van der Waals surface area contributed by atoms with E-state index in [4.69, 9.17) is 17.2 Å². The number of benzene rings is 1. The smallest absolute Gasteiger partial charge is 0.328 e. The molecule has 0 fully saturated rings. The van der Waals surface area contributed by atoms with Gasteiger partial charge in [0.15, 0.2) is 6.04 Å². The van der Waals surface area contributed by atoms with Gasteiger partial charge in [0.25, 0.3) is 0 Å². The number of carboxylic acids is 5. The number of aliphatic hydroxyl groups excluding tert-OH is 1. The van der Waals surface area contributed by atoms with E-state index < -0.39 is 255 Å². The molecule has 40 nitrogen and oxygen atoms in total. The number of phenols is 1. The molecule has 0 saturated heterocycles. The molecule has 0 saturated carbocycles. The third kappa shape index (κ3) is 37.6. The first-order valence-electron chi connectivity index (χ1n) is 35.3. The highest BCUT2D eigenvalue weighted by Gasteiger charge is 2.39. The molecule has 14 atom stereocenters. The summed E-state index contributed by atoms with van der Waals surface area (Å²) in [6, 6.07) is -14.4. The predicted molar refractivity (Wildman–Crippen MR) is 381 cm³/mol. The number of phenolic OH excluding ortho intramolecular Hbond substituents is 1. The number of carboxylic acid groups (broad SMARTS) is 5. The molecule has 0 spiro atoms. The lowest BCUT2D eigenvalue weighted by Crippen LogP contribution is -2.61. The molecule has 1 rings (SSSR count). The zero-order valence-electron chi connectivity index (χ0n) is 62.1. The van der Waals surface area contributed by atoms with E-state index in [-0.39, 0.29) is 75.5 Å². The summed E-state index contributed by atoms with van der Waals surface area (Å²) in [5, 5.41) is 96.1. The fraction of sp³-hybridized carbons (Fsp3) is 0.647. The molecular weight excluding hydrogens is 1430 g/mol. The Balaban J connectivity index is 3.59. The van der Waals surface area contributed by atoms with Crippen molar-refractivity contribution in [3.8, 4) is 5.75 Å². The lowest BCUT2D eigenvalue weighted by atomic mass is 9.97. The number of unbranched alkanes of at least 4 members (excludes halogenated alkanes) is 1. The number of aromatic hydroxyl groups is 1. The minimum atomic E-state index is -2.04. The second-order valence-corrected chi connectivity index (χ2v) is 27.5. The highest BCUT2D eigenvalue weighted by Crippen LogP contribution is 2.17. The quantitative estimate of drug-likeness (QED) is 0.0273. The molecule has 606 valence electrons. The van der Waals surface area contributed by atoms with Gasteiger partial charge in [-0.3, -0.25) is 81.5 Å². The van der Waals surface area contributed by atoms with E-state index in [1.54, 1.807) is 48.5 Å². The number of hydrogen-bond donors (Lipinski definition) is 22. The SMILES string of the molecule is CC[C@H](C)[C@H](NC(=O)CNC(=O)[C@H](CCC(=O)O)NC(=O)[C@H](CCC(=O)O)NC(=O)[C@H](CC(C)C)NC(=O)[C@H](CC(=O)O)NC(=O)[C@H](CCCCN)NC(=O)[C@H](CC(C)C)NC(=O)[C@H](CC(C)C)NC(=O)[C@H](CC(=O)O)NC(=O)[C@@H](N)Cc1ccc(O)cc1)C(=O)N[C@@H](CCC(N)=O)C(=O)N[C@H](C(=O)O)[C@@H](C)O. The molecule has 40 heteroatoms. The highest BCUT2D eigenvalue weighted by atomic mass is 16.4. The average molecular weight is 1540 g/mol. The van der Waals surface area contributed by atoms with E-state index in [1.165, 1.54) is 31.2 Å². The van der Waals surface area contributed by atoms with E-state index in [0.29, 0.717) is 5.56 Å². The third-order valence-electron chi connectivity index (χ3n) is 16.5. The molecule has 25 N–H and O–H groups in total. The fourth-order valence-corrected chi connectivity index (χ4v) is 10.6. The van der Waals surface area contributed by atoms with Crippen LogP contribution in [0.1, 0.15) is 164 Å². The fourth-order valence-electron chi connectivity index (χ4n) is 10.6. The van der Waals surface area contributed by atoms with Gasteiger partial charge in [0.1, 0.15) is 66.2 Å². The Morgan fingerprint density at radius 1 is 0.407 bits per heavy atom. The maximum absolute atomic E-state index is 14.4. The van der Waals surface area contributed by atoms with Crippen LogP contribution in [-0.2, 0) is 92.7 Å². The Bertz CT molecular complexity index is 3280. The number of carbonyl (C=O) groups is 18. The molecule has 13 amide bonds. The number of nitrogens with one attached hydrogen (secondary N) is 12. The molecule has 0 aromatic heterocycles. The standard InChI is InChI=1S/C68H109N15O25/c1-10-35(8)55(67(106)76-42(18-21-49(71)86)61(100)83-56(36(9)84)68(107)108)82-50(87)31-72-58(97)41(19-22-51(88)89)74-60(99)43(20-23-52(90)91)75-63(102)45(26-33(4)5)79-66(105)48(30-54(94)95)81-59(98)40(13-11-12-24-69)73-62(101)44(25-32(2)3)78-64(103)46(27-34(6)7)80-65(104)47(29-53(92)93)77-57(96)39(70)28-37-14-16-38(85)17-15-37/h14-17,32-36,39-48,55-56,84-85H,10-13,18-31,69-70H2,1-9H3,(H2,71,86)(H,72,97)(H,73,101)(H,74,99)(H,75,102)(H,76,106)(H,77,96)(H,78,103)(H,79,105)(H,80,104)(H,81,98)(H,82,87)(H,83,100)(H,88,89)(H,90,91)(H,92,93)(H,94,95)(H,107,108)/t35-,36+,39-,40-,41-,42-,43-,44-,45-,46-,47-,48-,55-,56-/m0/s1. The van der Waals surface area contributed by atoms with Crippen molar-refractivity contribution in [2.24, 2.45) is 40.9 Å². The molecule has 0 bridgehead atoms. The number of aliphatic carboxylic acids is 5. The number of aliphatic hydroxyl groups is 1. The number of nitrogens with two attached hydrogens (primary N) is 3. The molecule has 1 aromatic rings. The van der Waals surface area contributed by atoms with Gasteiger partial charge in [-0.25, -0.2) is 4.79 Å². The maximum atomic E-state index is 14.4. The van der Waals surface area contributed by atoms with Crippen molar-refractivity contribution >= 4 is 107 Å². The van der Waals surface area contributed by atoms with Crippen LogP contribution in [-0.4, -0.2) is 234 Å². The minimum absolute atomic E-state index is 0.0541. The Hall–Kier alpha value is -10.6. The van der Waals surface area contributed by atoms with Crippen molar-refractivity contribution < 1.29 is 122 Å². The van der Waals surface area contributed by atoms with Crippen LogP contribution >= 0.6 is 0 Å². The van der Waals surface area contributed by atoms with Crippen LogP contribution in [0.3, 0.4) is 0 Å². The lowest BCUT2D eigenvalue weighted by Gasteiger charge is -2.29. The van der Waals surface area contributed by atoms with Crippen molar-refractivity contribution in [2.75, 3.05) is 13.1 Å². The first-order valence-corrected chi connectivity index (χ1v) is 35.3. The van der Waals surface area contributed by atoms with Crippen LogP contribution in [0.2, 0.25) is 0 Å². The summed E-state index contributed by atoms with van der Waals surface area (Å²) in [5.74, 6) is -24.1. The largest absolute Gasteiger partial charge is 0.508 e. The van der Waals surface area contributed by atoms with Crippen LogP contribution in [0.15, 0.2) is 24.3 Å². The molecule has 0 radical (unpaired) electrons. The van der Waals surface area contributed by atoms with E-state index >= 15 is 0 Å². The Labute approximate surface area is 623 Å². The van der Waals surface area contributed by atoms with Gasteiger partial charge < -0.3 is 117 Å². The van der Waals surface area contributed by atoms with Gasteiger partial charge in [0, 0.05) is 19.3 Å². The summed E-state index contributed by atoms with van der Waals surface area (Å²) >= 11 is 0. The van der Waals surface area contributed by atoms with E-state index in [9.17, 15) is 122 Å². The summed E-state index contributed by atoms with van der Waals surface area (Å²) in [7, 11) is 0. The van der Waals surface area contributed by atoms with Crippen molar-refractivity contribution in [2.45, 2.75) is 244 Å². The monoisotopic (exact) mass is 1540 g/mol. The predicted octanol–water partition coefficient (Wildman–Crippen LogP) is -4.57. The molecule has 0 aliphatic carbocycles. The Morgan fingerprint density at radius 2 is 0.759 bits per heavy atom. The van der Waals surface area contributed by atoms with Crippen molar-refractivity contribution in [1.29, 1.82) is 0 Å². The maximum Gasteiger partial charge on any atom is 0.328 e. The van der Waals surface area contributed by atoms with Crippen LogP contribution < -0.4 is 81.0 Å². The zero-order valence-corrected chi connectivity index (χ0v) is 62.1. The normalized spacial score (nSPS) is 15.1. The molecule has 1 aromatic carbocycles. The topological polar surface area (TPSA) is 671 Å². The van der Waals surface area contributed by atoms with E-state index in [1.807, 2.05) is 0 Å². The minimum Gasteiger partial charge on any atom is -0.508 e. The molecule has 0 aliphatic heterocycles. The van der Waals surface area contributed by atoms with Crippen LogP contribution in [0.4, 0.5) is 0 Å². The molecular formula is C68H109N15O25. The van der Waals surface area contributed by atoms with Gasteiger partial charge >= 0.3 is 29.8 Å². The summed E-state index contributed by atoms with van der Waals surface area (Å²) in [4.78, 5) is 238. The van der Waals surface area contributed by atoms with Gasteiger partial charge in [-0.15, -0.1) is 0 Å². The molecule has 0 aliphatic rings. The Morgan fingerprint density at radius 3 is 1.13 bits per heavy atom. The van der Waals surface area contributed by atoms with Gasteiger partial charge in [0.05, 0.1) is 31.5 Å². The van der Waals surface area contributed by atoms with Gasteiger partial charge in [-0.2, -0.15) is 0 Å². The summed E-state index contributed by atoms with van der Waals surface area (Å²) < 4.78 is 0. The summed E-state index contributed by atoms with van der Waals surface area (Å²) in [5.41, 5.74) is 17.6. The second-order valence-electron chi connectivity index (χ2n) is 27.5. The number of carbonyl (C=O) groups excluding carboxylic acids is 13. The Kier molecular flexibility index (Phi) is 42.9. The second kappa shape index (κ2) is 48.5. The third-order valence-corrected chi connectivity index (χ3v) is 16.5. The molecule has 0 unspecified atom stereocenters. The molecule has 0 heterocycles. The van der Waals surface area contributed by atoms with Crippen molar-refractivity contribution in [3.63, 3.8) is 0 Å². The number of hydrogen-bond acceptors (Lipinski definition) is 22. The van der Waals surface area contributed by atoms with Crippen LogP contribution in [0, 0.1) is 23.7 Å². The van der Waals surface area contributed by atoms with Gasteiger partial charge in [-0.1, -0.05) is 73.9 Å². The number of amides is 13. The first-order chi connectivity index (χ1) is 50.4. The first kappa shape index (κ1) is 95.4. The zero-order chi connectivity index (χ0) is 82.4. The van der Waals surface area contributed by atoms with Crippen molar-refractivity contribution in [3.05, 3.63) is 29.8 Å². The number of rotatable bonds is 53. The number of primary amides is 1.